The zero-order valence-corrected chi connectivity index (χ0v) is 15.5. The number of thiophene rings is 1. The van der Waals surface area contributed by atoms with Crippen LogP contribution in [0, 0.1) is 0 Å². The second-order valence-electron chi connectivity index (χ2n) is 6.24. The van der Waals surface area contributed by atoms with Crippen LogP contribution in [0.2, 0.25) is 0 Å². The van der Waals surface area contributed by atoms with E-state index < -0.39 is 0 Å². The topological polar surface area (TPSA) is 56.8 Å². The third-order valence-corrected chi connectivity index (χ3v) is 5.46. The predicted molar refractivity (Wildman–Crippen MR) is 109 cm³/mol. The predicted octanol–water partition coefficient (Wildman–Crippen LogP) is 5.67. The molecule has 0 unspecified atom stereocenters. The van der Waals surface area contributed by atoms with Gasteiger partial charge in [0.05, 0.1) is 4.88 Å². The van der Waals surface area contributed by atoms with Gasteiger partial charge >= 0.3 is 0 Å². The maximum absolute atomic E-state index is 12.5. The Hall–Kier alpha value is -3.51. The van der Waals surface area contributed by atoms with Gasteiger partial charge in [0.2, 0.25) is 6.79 Å². The van der Waals surface area contributed by atoms with E-state index in [-0.39, 0.29) is 12.7 Å². The van der Waals surface area contributed by atoms with Crippen molar-refractivity contribution in [2.75, 3.05) is 12.1 Å². The van der Waals surface area contributed by atoms with Gasteiger partial charge in [0.25, 0.3) is 5.91 Å². The van der Waals surface area contributed by atoms with Gasteiger partial charge < -0.3 is 19.5 Å². The second kappa shape index (κ2) is 6.90. The minimum Gasteiger partial charge on any atom is -0.457 e. The summed E-state index contributed by atoms with van der Waals surface area (Å²) in [7, 11) is 0. The van der Waals surface area contributed by atoms with Gasteiger partial charge in [0.1, 0.15) is 11.5 Å². The number of amides is 1. The Kier molecular flexibility index (Phi) is 4.10. The van der Waals surface area contributed by atoms with Gasteiger partial charge in [0.15, 0.2) is 11.5 Å². The van der Waals surface area contributed by atoms with Crippen LogP contribution < -0.4 is 19.5 Å². The van der Waals surface area contributed by atoms with E-state index >= 15 is 0 Å². The third-order valence-electron chi connectivity index (χ3n) is 4.34. The van der Waals surface area contributed by atoms with Gasteiger partial charge in [-0.15, -0.1) is 11.3 Å². The van der Waals surface area contributed by atoms with Crippen molar-refractivity contribution in [3.05, 3.63) is 77.7 Å². The molecule has 1 aromatic heterocycles. The highest BCUT2D eigenvalue weighted by Crippen LogP contribution is 2.36. The molecular formula is C22H15NO4S. The van der Waals surface area contributed by atoms with Crippen LogP contribution in [0.4, 0.5) is 5.69 Å². The Labute approximate surface area is 165 Å². The fourth-order valence-electron chi connectivity index (χ4n) is 2.97. The van der Waals surface area contributed by atoms with Gasteiger partial charge in [0, 0.05) is 16.5 Å². The molecule has 0 spiro atoms. The van der Waals surface area contributed by atoms with Crippen LogP contribution in [0.25, 0.3) is 10.1 Å². The van der Waals surface area contributed by atoms with Crippen molar-refractivity contribution in [1.82, 2.24) is 0 Å². The zero-order valence-electron chi connectivity index (χ0n) is 14.7. The van der Waals surface area contributed by atoms with E-state index in [4.69, 9.17) is 14.2 Å². The maximum Gasteiger partial charge on any atom is 0.265 e. The lowest BCUT2D eigenvalue weighted by Crippen LogP contribution is -2.09. The molecule has 4 aromatic rings. The van der Waals surface area contributed by atoms with Crippen LogP contribution in [0.3, 0.4) is 0 Å². The lowest BCUT2D eigenvalue weighted by atomic mass is 10.2. The van der Waals surface area contributed by atoms with Crippen LogP contribution >= 0.6 is 11.3 Å². The largest absolute Gasteiger partial charge is 0.457 e. The molecule has 1 aliphatic heterocycles. The normalized spacial score (nSPS) is 12.1. The second-order valence-corrected chi connectivity index (χ2v) is 7.33. The Balaban J connectivity index is 1.27. The van der Waals surface area contributed by atoms with Crippen molar-refractivity contribution in [3.63, 3.8) is 0 Å². The molecule has 5 rings (SSSR count). The van der Waals surface area contributed by atoms with Crippen LogP contribution in [0.5, 0.6) is 23.0 Å². The van der Waals surface area contributed by atoms with Crippen LogP contribution in [0.15, 0.2) is 72.8 Å². The van der Waals surface area contributed by atoms with Crippen molar-refractivity contribution in [3.8, 4) is 23.0 Å². The molecule has 0 fully saturated rings. The van der Waals surface area contributed by atoms with Gasteiger partial charge in [-0.2, -0.15) is 0 Å². The molecule has 5 nitrogen and oxygen atoms in total. The first-order valence-corrected chi connectivity index (χ1v) is 9.54. The number of anilines is 1. The molecule has 3 aromatic carbocycles. The number of hydrogen-bond acceptors (Lipinski definition) is 5. The van der Waals surface area contributed by atoms with Gasteiger partial charge in [-0.1, -0.05) is 18.2 Å². The summed E-state index contributed by atoms with van der Waals surface area (Å²) < 4.78 is 17.6. The molecule has 0 bridgehead atoms. The SMILES string of the molecule is O=C(Nc1ccc(Oc2ccc3c(c2)OCO3)cc1)c1cc2ccccc2s1. The minimum absolute atomic E-state index is 0.120. The Bertz CT molecular complexity index is 1130. The number of carbonyl (C=O) groups is 1. The number of nitrogens with one attached hydrogen (secondary N) is 1. The molecule has 0 saturated heterocycles. The quantitative estimate of drug-likeness (QED) is 0.488. The molecule has 28 heavy (non-hydrogen) atoms. The molecule has 0 radical (unpaired) electrons. The highest BCUT2D eigenvalue weighted by Gasteiger charge is 2.14. The Morgan fingerprint density at radius 1 is 0.893 bits per heavy atom. The third kappa shape index (κ3) is 3.25. The van der Waals surface area contributed by atoms with E-state index in [0.717, 1.165) is 10.1 Å². The lowest BCUT2D eigenvalue weighted by Gasteiger charge is -2.08. The van der Waals surface area contributed by atoms with Crippen LogP contribution in [-0.2, 0) is 0 Å². The first-order chi connectivity index (χ1) is 13.7. The fraction of sp³-hybridized carbons (Fsp3) is 0.0455. The molecule has 2 heterocycles. The van der Waals surface area contributed by atoms with Gasteiger partial charge in [-0.05, 0) is 53.9 Å². The molecule has 6 heteroatoms. The molecule has 0 aliphatic carbocycles. The van der Waals surface area contributed by atoms with Crippen molar-refractivity contribution in [2.45, 2.75) is 0 Å². The smallest absolute Gasteiger partial charge is 0.265 e. The summed E-state index contributed by atoms with van der Waals surface area (Å²) in [5.74, 6) is 2.59. The van der Waals surface area contributed by atoms with Crippen molar-refractivity contribution in [1.29, 1.82) is 0 Å². The van der Waals surface area contributed by atoms with Crippen molar-refractivity contribution in [2.24, 2.45) is 0 Å². The van der Waals surface area contributed by atoms with Crippen molar-refractivity contribution >= 4 is 33.0 Å². The van der Waals surface area contributed by atoms with E-state index in [0.29, 0.717) is 33.6 Å². The van der Waals surface area contributed by atoms with E-state index in [1.807, 2.05) is 66.7 Å². The van der Waals surface area contributed by atoms with E-state index in [1.54, 1.807) is 6.07 Å². The zero-order chi connectivity index (χ0) is 18.9. The first kappa shape index (κ1) is 16.6. The molecule has 138 valence electrons. The van der Waals surface area contributed by atoms with E-state index in [9.17, 15) is 4.79 Å². The molecule has 1 aliphatic rings. The van der Waals surface area contributed by atoms with E-state index in [2.05, 4.69) is 5.32 Å². The minimum atomic E-state index is -0.120. The van der Waals surface area contributed by atoms with Gasteiger partial charge in [-0.3, -0.25) is 4.79 Å². The number of hydrogen-bond donors (Lipinski definition) is 1. The molecule has 0 saturated carbocycles. The Morgan fingerprint density at radius 3 is 2.54 bits per heavy atom. The fourth-order valence-corrected chi connectivity index (χ4v) is 3.93. The molecule has 1 N–H and O–H groups in total. The number of ether oxygens (including phenoxy) is 3. The lowest BCUT2D eigenvalue weighted by molar-refractivity contribution is 0.103. The van der Waals surface area contributed by atoms with Crippen LogP contribution in [-0.4, -0.2) is 12.7 Å². The summed E-state index contributed by atoms with van der Waals surface area (Å²) >= 11 is 1.48. The van der Waals surface area contributed by atoms with Gasteiger partial charge in [-0.25, -0.2) is 0 Å². The molecular weight excluding hydrogens is 374 g/mol. The standard InChI is InChI=1S/C22H15NO4S/c24-22(21-11-14-3-1-2-4-20(14)28-21)23-15-5-7-16(8-6-15)27-17-9-10-18-19(12-17)26-13-25-18/h1-12H,13H2,(H,23,24). The van der Waals surface area contributed by atoms with Crippen molar-refractivity contribution < 1.29 is 19.0 Å². The highest BCUT2D eigenvalue weighted by atomic mass is 32.1. The maximum atomic E-state index is 12.5. The monoisotopic (exact) mass is 389 g/mol. The summed E-state index contributed by atoms with van der Waals surface area (Å²) in [5.41, 5.74) is 0.709. The number of benzene rings is 3. The number of carbonyl (C=O) groups excluding carboxylic acids is 1. The Morgan fingerprint density at radius 2 is 1.68 bits per heavy atom. The number of rotatable bonds is 4. The molecule has 0 atom stereocenters. The highest BCUT2D eigenvalue weighted by molar-refractivity contribution is 7.20. The van der Waals surface area contributed by atoms with Crippen LogP contribution in [0.1, 0.15) is 9.67 Å². The number of fused-ring (bicyclic) bond motifs is 2. The van der Waals surface area contributed by atoms with E-state index in [1.165, 1.54) is 11.3 Å². The average molecular weight is 389 g/mol. The summed E-state index contributed by atoms with van der Waals surface area (Å²) in [6.45, 7) is 0.229. The summed E-state index contributed by atoms with van der Waals surface area (Å²) in [6.07, 6.45) is 0. The average Bonchev–Trinajstić information content (AvgIpc) is 3.35. The first-order valence-electron chi connectivity index (χ1n) is 8.72. The summed E-state index contributed by atoms with van der Waals surface area (Å²) in [6, 6.07) is 22.5. The summed E-state index contributed by atoms with van der Waals surface area (Å²) in [5, 5.41) is 4.00. The molecule has 1 amide bonds. The summed E-state index contributed by atoms with van der Waals surface area (Å²) in [4.78, 5) is 13.2.